The molecular weight excluding hydrogens is 267 g/mol. The maximum absolute atomic E-state index is 6.18. The van der Waals surface area contributed by atoms with Crippen LogP contribution in [0.4, 0.5) is 5.69 Å². The highest BCUT2D eigenvalue weighted by molar-refractivity contribution is 6.36. The monoisotopic (exact) mass is 286 g/mol. The van der Waals surface area contributed by atoms with E-state index in [1.807, 2.05) is 12.1 Å². The van der Waals surface area contributed by atoms with Gasteiger partial charge >= 0.3 is 0 Å². The zero-order valence-corrected chi connectivity index (χ0v) is 12.4. The fourth-order valence-corrected chi connectivity index (χ4v) is 3.05. The van der Waals surface area contributed by atoms with Crippen molar-refractivity contribution in [2.45, 2.75) is 25.8 Å². The second-order valence-electron chi connectivity index (χ2n) is 5.22. The standard InChI is InChI=1S/C14H20Cl2N2/c1-10(11-4-3-7-18(2)9-11)17-14-6-5-12(15)8-13(14)16/h5-6,8,10-11,17H,3-4,7,9H2,1-2H3. The molecule has 0 aromatic heterocycles. The summed E-state index contributed by atoms with van der Waals surface area (Å²) in [7, 11) is 2.19. The van der Waals surface area contributed by atoms with Gasteiger partial charge in [0, 0.05) is 17.6 Å². The van der Waals surface area contributed by atoms with Crippen LogP contribution in [-0.4, -0.2) is 31.1 Å². The lowest BCUT2D eigenvalue weighted by Gasteiger charge is -2.34. The van der Waals surface area contributed by atoms with Crippen LogP contribution in [0.15, 0.2) is 18.2 Å². The molecule has 1 saturated heterocycles. The summed E-state index contributed by atoms with van der Waals surface area (Å²) in [6.07, 6.45) is 2.56. The Kier molecular flexibility index (Phi) is 4.77. The minimum absolute atomic E-state index is 0.423. The third kappa shape index (κ3) is 3.53. The van der Waals surface area contributed by atoms with Crippen molar-refractivity contribution in [3.63, 3.8) is 0 Å². The van der Waals surface area contributed by atoms with Crippen LogP contribution in [0, 0.1) is 5.92 Å². The molecule has 1 aliphatic heterocycles. The van der Waals surface area contributed by atoms with E-state index in [1.165, 1.54) is 19.4 Å². The van der Waals surface area contributed by atoms with Crippen LogP contribution in [-0.2, 0) is 0 Å². The lowest BCUT2D eigenvalue weighted by atomic mass is 9.92. The summed E-state index contributed by atoms with van der Waals surface area (Å²) in [5.41, 5.74) is 0.974. The Morgan fingerprint density at radius 3 is 2.83 bits per heavy atom. The molecule has 4 heteroatoms. The van der Waals surface area contributed by atoms with Gasteiger partial charge in [0.1, 0.15) is 0 Å². The van der Waals surface area contributed by atoms with Crippen molar-refractivity contribution in [1.82, 2.24) is 4.90 Å². The van der Waals surface area contributed by atoms with Crippen LogP contribution >= 0.6 is 23.2 Å². The number of rotatable bonds is 3. The van der Waals surface area contributed by atoms with Gasteiger partial charge in [0.25, 0.3) is 0 Å². The molecule has 0 spiro atoms. The van der Waals surface area contributed by atoms with Gasteiger partial charge in [-0.15, -0.1) is 0 Å². The Hall–Kier alpha value is -0.440. The van der Waals surface area contributed by atoms with Crippen molar-refractivity contribution >= 4 is 28.9 Å². The number of piperidine rings is 1. The highest BCUT2D eigenvalue weighted by Gasteiger charge is 2.23. The van der Waals surface area contributed by atoms with E-state index in [4.69, 9.17) is 23.2 Å². The number of hydrogen-bond acceptors (Lipinski definition) is 2. The molecule has 0 amide bonds. The SMILES string of the molecule is CC(Nc1ccc(Cl)cc1Cl)C1CCCN(C)C1. The smallest absolute Gasteiger partial charge is 0.0652 e. The summed E-state index contributed by atoms with van der Waals surface area (Å²) in [4.78, 5) is 2.40. The molecule has 100 valence electrons. The van der Waals surface area contributed by atoms with Gasteiger partial charge in [-0.1, -0.05) is 23.2 Å². The third-order valence-corrected chi connectivity index (χ3v) is 4.23. The molecule has 2 atom stereocenters. The largest absolute Gasteiger partial charge is 0.381 e. The first-order chi connectivity index (χ1) is 8.56. The number of nitrogens with zero attached hydrogens (tertiary/aromatic N) is 1. The molecule has 1 N–H and O–H groups in total. The summed E-state index contributed by atoms with van der Waals surface area (Å²) >= 11 is 12.1. The number of halogens is 2. The summed E-state index contributed by atoms with van der Waals surface area (Å²) in [6.45, 7) is 4.60. The minimum Gasteiger partial charge on any atom is -0.381 e. The summed E-state index contributed by atoms with van der Waals surface area (Å²) < 4.78 is 0. The second kappa shape index (κ2) is 6.14. The van der Waals surface area contributed by atoms with E-state index in [-0.39, 0.29) is 0 Å². The van der Waals surface area contributed by atoms with Crippen molar-refractivity contribution in [2.24, 2.45) is 5.92 Å². The van der Waals surface area contributed by atoms with Gasteiger partial charge in [-0.2, -0.15) is 0 Å². The fraction of sp³-hybridized carbons (Fsp3) is 0.571. The molecule has 0 bridgehead atoms. The van der Waals surface area contributed by atoms with Gasteiger partial charge in [0.2, 0.25) is 0 Å². The summed E-state index contributed by atoms with van der Waals surface area (Å²) in [5, 5.41) is 4.88. The average Bonchev–Trinajstić information content (AvgIpc) is 2.32. The Morgan fingerprint density at radius 2 is 2.17 bits per heavy atom. The van der Waals surface area contributed by atoms with E-state index >= 15 is 0 Å². The predicted octanol–water partition coefficient (Wildman–Crippen LogP) is 4.14. The Bertz CT molecular complexity index is 409. The van der Waals surface area contributed by atoms with Crippen molar-refractivity contribution in [2.75, 3.05) is 25.5 Å². The van der Waals surface area contributed by atoms with E-state index in [1.54, 1.807) is 6.07 Å². The van der Waals surface area contributed by atoms with Gasteiger partial charge in [-0.3, -0.25) is 0 Å². The molecule has 1 aromatic rings. The van der Waals surface area contributed by atoms with E-state index < -0.39 is 0 Å². The van der Waals surface area contributed by atoms with Crippen LogP contribution in [0.25, 0.3) is 0 Å². The molecule has 1 aliphatic rings. The van der Waals surface area contributed by atoms with E-state index in [0.717, 1.165) is 12.2 Å². The van der Waals surface area contributed by atoms with Gasteiger partial charge < -0.3 is 10.2 Å². The Morgan fingerprint density at radius 1 is 1.39 bits per heavy atom. The fourth-order valence-electron chi connectivity index (χ4n) is 2.58. The van der Waals surface area contributed by atoms with Crippen LogP contribution in [0.2, 0.25) is 10.0 Å². The van der Waals surface area contributed by atoms with Gasteiger partial charge in [-0.25, -0.2) is 0 Å². The molecule has 18 heavy (non-hydrogen) atoms. The first-order valence-electron chi connectivity index (χ1n) is 6.46. The molecule has 1 fully saturated rings. The van der Waals surface area contributed by atoms with E-state index in [9.17, 15) is 0 Å². The first kappa shape index (κ1) is 14.0. The molecule has 2 unspecified atom stereocenters. The van der Waals surface area contributed by atoms with E-state index in [2.05, 4.69) is 24.2 Å². The average molecular weight is 287 g/mol. The lowest BCUT2D eigenvalue weighted by Crippen LogP contribution is -2.39. The van der Waals surface area contributed by atoms with E-state index in [0.29, 0.717) is 22.0 Å². The number of anilines is 1. The Balaban J connectivity index is 1.99. The highest BCUT2D eigenvalue weighted by atomic mass is 35.5. The predicted molar refractivity (Wildman–Crippen MR) is 79.8 cm³/mol. The molecule has 2 nitrogen and oxygen atoms in total. The maximum atomic E-state index is 6.18. The van der Waals surface area contributed by atoms with Crippen molar-refractivity contribution in [1.29, 1.82) is 0 Å². The molecule has 2 rings (SSSR count). The molecule has 0 aliphatic carbocycles. The topological polar surface area (TPSA) is 15.3 Å². The zero-order valence-electron chi connectivity index (χ0n) is 10.9. The summed E-state index contributed by atoms with van der Waals surface area (Å²) in [5.74, 6) is 0.676. The number of likely N-dealkylation sites (tertiary alicyclic amines) is 1. The van der Waals surface area contributed by atoms with Gasteiger partial charge in [0.15, 0.2) is 0 Å². The van der Waals surface area contributed by atoms with Crippen LogP contribution in [0.1, 0.15) is 19.8 Å². The van der Waals surface area contributed by atoms with Crippen LogP contribution in [0.5, 0.6) is 0 Å². The van der Waals surface area contributed by atoms with Crippen molar-refractivity contribution < 1.29 is 0 Å². The number of hydrogen-bond donors (Lipinski definition) is 1. The van der Waals surface area contributed by atoms with Crippen molar-refractivity contribution in [3.8, 4) is 0 Å². The van der Waals surface area contributed by atoms with Gasteiger partial charge in [-0.05, 0) is 57.5 Å². The van der Waals surface area contributed by atoms with Crippen LogP contribution in [0.3, 0.4) is 0 Å². The minimum atomic E-state index is 0.423. The van der Waals surface area contributed by atoms with Gasteiger partial charge in [0.05, 0.1) is 10.7 Å². The van der Waals surface area contributed by atoms with Crippen LogP contribution < -0.4 is 5.32 Å². The molecule has 1 aromatic carbocycles. The zero-order chi connectivity index (χ0) is 13.1. The molecule has 0 saturated carbocycles. The number of benzene rings is 1. The normalized spacial score (nSPS) is 22.8. The quantitative estimate of drug-likeness (QED) is 0.899. The first-order valence-corrected chi connectivity index (χ1v) is 7.22. The highest BCUT2D eigenvalue weighted by Crippen LogP contribution is 2.28. The maximum Gasteiger partial charge on any atom is 0.0652 e. The van der Waals surface area contributed by atoms with Crippen molar-refractivity contribution in [3.05, 3.63) is 28.2 Å². The Labute approximate surface area is 119 Å². The number of nitrogens with one attached hydrogen (secondary N) is 1. The lowest BCUT2D eigenvalue weighted by molar-refractivity contribution is 0.197. The molecule has 1 heterocycles. The third-order valence-electron chi connectivity index (χ3n) is 3.68. The summed E-state index contributed by atoms with van der Waals surface area (Å²) in [6, 6.07) is 6.03. The second-order valence-corrected chi connectivity index (χ2v) is 6.07. The molecule has 0 radical (unpaired) electrons. The molecular formula is C14H20Cl2N2.